The minimum atomic E-state index is -0.541. The van der Waals surface area contributed by atoms with Gasteiger partial charge in [0, 0.05) is 34.3 Å². The van der Waals surface area contributed by atoms with E-state index in [2.05, 4.69) is 17.4 Å². The monoisotopic (exact) mass is 435 g/mol. The van der Waals surface area contributed by atoms with Gasteiger partial charge in [0.05, 0.1) is 11.7 Å². The van der Waals surface area contributed by atoms with E-state index in [0.29, 0.717) is 34.7 Å². The summed E-state index contributed by atoms with van der Waals surface area (Å²) in [6.45, 7) is 5.49. The lowest BCUT2D eigenvalue weighted by Crippen LogP contribution is -2.36. The molecular formula is C26H26ClNO3. The number of benzene rings is 2. The molecule has 0 radical (unpaired) electrons. The molecule has 5 heteroatoms. The fourth-order valence-corrected chi connectivity index (χ4v) is 4.81. The second-order valence-corrected chi connectivity index (χ2v) is 8.81. The highest BCUT2D eigenvalue weighted by Crippen LogP contribution is 2.47. The Morgan fingerprint density at radius 2 is 1.74 bits per heavy atom. The Kier molecular flexibility index (Phi) is 6.01. The number of rotatable bonds is 4. The molecule has 2 aromatic carbocycles. The molecule has 1 heterocycles. The highest BCUT2D eigenvalue weighted by Gasteiger charge is 2.42. The predicted octanol–water partition coefficient (Wildman–Crippen LogP) is 5.65. The number of dihydropyridines is 1. The third-order valence-corrected chi connectivity index (χ3v) is 6.22. The Labute approximate surface area is 187 Å². The van der Waals surface area contributed by atoms with Crippen LogP contribution in [0.15, 0.2) is 77.1 Å². The zero-order valence-electron chi connectivity index (χ0n) is 17.9. The van der Waals surface area contributed by atoms with Gasteiger partial charge in [-0.05, 0) is 50.3 Å². The Balaban J connectivity index is 1.82. The van der Waals surface area contributed by atoms with Crippen molar-refractivity contribution in [2.75, 3.05) is 0 Å². The molecule has 4 nitrogen and oxygen atoms in total. The molecule has 0 bridgehead atoms. The number of allylic oxidation sites excluding steroid dienone is 3. The van der Waals surface area contributed by atoms with E-state index in [4.69, 9.17) is 16.3 Å². The van der Waals surface area contributed by atoms with Gasteiger partial charge in [-0.2, -0.15) is 0 Å². The van der Waals surface area contributed by atoms with Gasteiger partial charge in [0.2, 0.25) is 0 Å². The Hall–Kier alpha value is -2.85. The van der Waals surface area contributed by atoms with Gasteiger partial charge in [0.1, 0.15) is 0 Å². The quantitative estimate of drug-likeness (QED) is 0.630. The van der Waals surface area contributed by atoms with Crippen molar-refractivity contribution in [3.05, 3.63) is 93.3 Å². The second kappa shape index (κ2) is 8.72. The van der Waals surface area contributed by atoms with Crippen LogP contribution in [-0.2, 0) is 14.3 Å². The summed E-state index contributed by atoms with van der Waals surface area (Å²) in [6, 6.07) is 17.5. The third-order valence-electron chi connectivity index (χ3n) is 5.88. The number of halogens is 1. The average Bonchev–Trinajstić information content (AvgIpc) is 2.73. The van der Waals surface area contributed by atoms with Gasteiger partial charge < -0.3 is 10.1 Å². The Morgan fingerprint density at radius 1 is 1.06 bits per heavy atom. The van der Waals surface area contributed by atoms with Gasteiger partial charge >= 0.3 is 5.97 Å². The number of Topliss-reactive ketones (excluding diaryl/α,β-unsaturated/α-hetero) is 1. The number of ether oxygens (including phenoxy) is 1. The SMILES string of the molecule is CC1=C(C(=O)OC(C)C)[C@@H](c2ccccc2Cl)C2=C(C[C@H](c3ccccc3)CC2=O)N1. The molecular weight excluding hydrogens is 410 g/mol. The molecule has 1 aliphatic carbocycles. The van der Waals surface area contributed by atoms with Crippen LogP contribution in [0.1, 0.15) is 56.6 Å². The Bertz CT molecular complexity index is 1080. The molecule has 0 spiro atoms. The van der Waals surface area contributed by atoms with Crippen LogP contribution in [0.2, 0.25) is 5.02 Å². The topological polar surface area (TPSA) is 55.4 Å². The van der Waals surface area contributed by atoms with Gasteiger partial charge in [-0.25, -0.2) is 4.79 Å². The molecule has 4 rings (SSSR count). The summed E-state index contributed by atoms with van der Waals surface area (Å²) in [4.78, 5) is 26.6. The lowest BCUT2D eigenvalue weighted by Gasteiger charge is -2.37. The molecule has 0 saturated carbocycles. The van der Waals surface area contributed by atoms with E-state index in [1.807, 2.05) is 57.2 Å². The summed E-state index contributed by atoms with van der Waals surface area (Å²) < 4.78 is 5.54. The first-order valence-electron chi connectivity index (χ1n) is 10.6. The van der Waals surface area contributed by atoms with E-state index in [1.54, 1.807) is 6.07 Å². The van der Waals surface area contributed by atoms with Crippen molar-refractivity contribution in [1.82, 2.24) is 5.32 Å². The number of hydrogen-bond donors (Lipinski definition) is 1. The standard InChI is InChI=1S/C26H26ClNO3/c1-15(2)31-26(30)23-16(3)28-21-13-18(17-9-5-4-6-10-17)14-22(29)25(21)24(23)19-11-7-8-12-20(19)27/h4-12,15,18,24,28H,13-14H2,1-3H3/t18-,24+/m0/s1. The largest absolute Gasteiger partial charge is 0.460 e. The van der Waals surface area contributed by atoms with E-state index in [1.165, 1.54) is 0 Å². The van der Waals surface area contributed by atoms with Gasteiger partial charge in [-0.15, -0.1) is 0 Å². The molecule has 2 aromatic rings. The Morgan fingerprint density at radius 3 is 2.42 bits per heavy atom. The molecule has 1 N–H and O–H groups in total. The highest BCUT2D eigenvalue weighted by molar-refractivity contribution is 6.31. The molecule has 31 heavy (non-hydrogen) atoms. The first kappa shape index (κ1) is 21.4. The maximum absolute atomic E-state index is 13.5. The molecule has 2 aliphatic rings. The van der Waals surface area contributed by atoms with Gasteiger partial charge in [-0.1, -0.05) is 60.1 Å². The highest BCUT2D eigenvalue weighted by atomic mass is 35.5. The molecule has 1 aliphatic heterocycles. The molecule has 2 atom stereocenters. The maximum atomic E-state index is 13.5. The molecule has 0 fully saturated rings. The fraction of sp³-hybridized carbons (Fsp3) is 0.308. The van der Waals surface area contributed by atoms with Crippen molar-refractivity contribution in [3.63, 3.8) is 0 Å². The predicted molar refractivity (Wildman–Crippen MR) is 122 cm³/mol. The number of carbonyl (C=O) groups excluding carboxylic acids is 2. The van der Waals surface area contributed by atoms with Crippen LogP contribution >= 0.6 is 11.6 Å². The normalized spacial score (nSPS) is 21.1. The van der Waals surface area contributed by atoms with Crippen molar-refractivity contribution in [1.29, 1.82) is 0 Å². The molecule has 0 unspecified atom stereocenters. The van der Waals surface area contributed by atoms with Gasteiger partial charge in [0.15, 0.2) is 5.78 Å². The maximum Gasteiger partial charge on any atom is 0.337 e. The average molecular weight is 436 g/mol. The third kappa shape index (κ3) is 4.17. The van der Waals surface area contributed by atoms with E-state index >= 15 is 0 Å². The van der Waals surface area contributed by atoms with Crippen LogP contribution in [0.5, 0.6) is 0 Å². The lowest BCUT2D eigenvalue weighted by atomic mass is 9.71. The van der Waals surface area contributed by atoms with Crippen molar-refractivity contribution in [2.45, 2.75) is 51.6 Å². The van der Waals surface area contributed by atoms with Crippen molar-refractivity contribution in [3.8, 4) is 0 Å². The molecule has 0 aromatic heterocycles. The summed E-state index contributed by atoms with van der Waals surface area (Å²) in [5, 5.41) is 3.90. The van der Waals surface area contributed by atoms with Crippen LogP contribution in [0.3, 0.4) is 0 Å². The van der Waals surface area contributed by atoms with Crippen molar-refractivity contribution >= 4 is 23.4 Å². The number of hydrogen-bond acceptors (Lipinski definition) is 4. The lowest BCUT2D eigenvalue weighted by molar-refractivity contribution is -0.143. The number of nitrogens with one attached hydrogen (secondary N) is 1. The van der Waals surface area contributed by atoms with Crippen molar-refractivity contribution in [2.24, 2.45) is 0 Å². The summed E-state index contributed by atoms with van der Waals surface area (Å²) >= 11 is 6.56. The van der Waals surface area contributed by atoms with E-state index in [9.17, 15) is 9.59 Å². The number of ketones is 1. The van der Waals surface area contributed by atoms with Crippen LogP contribution in [0.25, 0.3) is 0 Å². The number of carbonyl (C=O) groups is 2. The van der Waals surface area contributed by atoms with Crippen LogP contribution in [-0.4, -0.2) is 17.9 Å². The summed E-state index contributed by atoms with van der Waals surface area (Å²) in [7, 11) is 0. The molecule has 0 amide bonds. The minimum absolute atomic E-state index is 0.0369. The van der Waals surface area contributed by atoms with Gasteiger partial charge in [0.25, 0.3) is 0 Å². The van der Waals surface area contributed by atoms with Gasteiger partial charge in [-0.3, -0.25) is 4.79 Å². The first-order chi connectivity index (χ1) is 14.9. The summed E-state index contributed by atoms with van der Waals surface area (Å²) in [6.07, 6.45) is 0.840. The van der Waals surface area contributed by atoms with Crippen LogP contribution < -0.4 is 5.32 Å². The minimum Gasteiger partial charge on any atom is -0.460 e. The van der Waals surface area contributed by atoms with Crippen LogP contribution in [0.4, 0.5) is 0 Å². The second-order valence-electron chi connectivity index (χ2n) is 8.40. The molecule has 160 valence electrons. The molecule has 0 saturated heterocycles. The smallest absolute Gasteiger partial charge is 0.337 e. The van der Waals surface area contributed by atoms with E-state index in [0.717, 1.165) is 16.8 Å². The number of esters is 1. The zero-order chi connectivity index (χ0) is 22.1. The van der Waals surface area contributed by atoms with E-state index < -0.39 is 11.9 Å². The van der Waals surface area contributed by atoms with E-state index in [-0.39, 0.29) is 17.8 Å². The van der Waals surface area contributed by atoms with Crippen LogP contribution in [0, 0.1) is 0 Å². The fourth-order valence-electron chi connectivity index (χ4n) is 4.57. The van der Waals surface area contributed by atoms with Crippen molar-refractivity contribution < 1.29 is 14.3 Å². The zero-order valence-corrected chi connectivity index (χ0v) is 18.7. The first-order valence-corrected chi connectivity index (χ1v) is 11.0. The summed E-state index contributed by atoms with van der Waals surface area (Å²) in [5.41, 5.74) is 4.54. The summed E-state index contributed by atoms with van der Waals surface area (Å²) in [5.74, 6) is -0.825.